The zero-order chi connectivity index (χ0) is 32.0. The number of likely N-dealkylation sites (tertiary alicyclic amines) is 1. The largest absolute Gasteiger partial charge is 0.435 e. The Morgan fingerprint density at radius 3 is 2.47 bits per heavy atom. The van der Waals surface area contributed by atoms with Gasteiger partial charge >= 0.3 is 6.18 Å². The second-order valence-electron chi connectivity index (χ2n) is 11.7. The van der Waals surface area contributed by atoms with Crippen LogP contribution in [0.15, 0.2) is 43.0 Å². The molecule has 9 nitrogen and oxygen atoms in total. The van der Waals surface area contributed by atoms with Crippen LogP contribution >= 0.6 is 0 Å². The van der Waals surface area contributed by atoms with Gasteiger partial charge in [-0.05, 0) is 94.8 Å². The number of carbonyl (C=O) groups is 1. The van der Waals surface area contributed by atoms with E-state index in [1.807, 2.05) is 19.9 Å². The summed E-state index contributed by atoms with van der Waals surface area (Å²) in [4.78, 5) is 23.8. The van der Waals surface area contributed by atoms with Crippen molar-refractivity contribution >= 4 is 23.1 Å². The number of hydrogen-bond donors (Lipinski definition) is 2. The predicted molar refractivity (Wildman–Crippen MR) is 170 cm³/mol. The lowest BCUT2D eigenvalue weighted by Gasteiger charge is -2.25. The first-order valence-corrected chi connectivity index (χ1v) is 16.1. The minimum Gasteiger partial charge on any atom is -0.352 e. The van der Waals surface area contributed by atoms with E-state index in [9.17, 15) is 18.0 Å². The zero-order valence-corrected chi connectivity index (χ0v) is 26.3. The van der Waals surface area contributed by atoms with E-state index < -0.39 is 11.9 Å². The molecule has 2 aliphatic rings. The lowest BCUT2D eigenvalue weighted by molar-refractivity contribution is -0.141. The lowest BCUT2D eigenvalue weighted by Crippen LogP contribution is -2.25. The Morgan fingerprint density at radius 1 is 1.04 bits per heavy atom. The number of fused-ring (bicyclic) bond motifs is 1. The van der Waals surface area contributed by atoms with E-state index in [-0.39, 0.29) is 23.2 Å². The molecule has 2 N–H and O–H groups in total. The normalized spacial score (nSPS) is 15.5. The highest BCUT2D eigenvalue weighted by Gasteiger charge is 2.39. The number of amides is 1. The number of hydrogen-bond acceptors (Lipinski definition) is 6. The summed E-state index contributed by atoms with van der Waals surface area (Å²) in [5.74, 6) is 0.269. The average molecular weight is 625 g/mol. The summed E-state index contributed by atoms with van der Waals surface area (Å²) in [6.07, 6.45) is 9.70. The van der Waals surface area contributed by atoms with E-state index in [4.69, 9.17) is 0 Å². The molecule has 1 aliphatic heterocycles. The quantitative estimate of drug-likeness (QED) is 0.193. The van der Waals surface area contributed by atoms with Gasteiger partial charge in [0.05, 0.1) is 23.5 Å². The molecule has 1 aromatic carbocycles. The summed E-state index contributed by atoms with van der Waals surface area (Å²) < 4.78 is 44.6. The van der Waals surface area contributed by atoms with Gasteiger partial charge in [0.1, 0.15) is 0 Å². The molecule has 4 heterocycles. The third-order valence-electron chi connectivity index (χ3n) is 8.42. The molecule has 0 bridgehead atoms. The number of rotatable bonds is 10. The molecule has 3 aromatic heterocycles. The third-order valence-corrected chi connectivity index (χ3v) is 8.42. The Bertz CT molecular complexity index is 1580. The predicted octanol–water partition coefficient (Wildman–Crippen LogP) is 7.27. The van der Waals surface area contributed by atoms with E-state index in [0.717, 1.165) is 31.2 Å². The molecule has 2 fully saturated rings. The first-order chi connectivity index (χ1) is 21.7. The molecule has 1 saturated heterocycles. The second-order valence-corrected chi connectivity index (χ2v) is 11.7. The maximum Gasteiger partial charge on any atom is 0.435 e. The summed E-state index contributed by atoms with van der Waals surface area (Å²) in [7, 11) is 0. The van der Waals surface area contributed by atoms with Crippen molar-refractivity contribution in [1.29, 1.82) is 0 Å². The van der Waals surface area contributed by atoms with Crippen LogP contribution in [0, 0.1) is 0 Å². The number of benzene rings is 1. The van der Waals surface area contributed by atoms with Crippen molar-refractivity contribution in [3.05, 3.63) is 59.8 Å². The molecule has 1 aliphatic carbocycles. The van der Waals surface area contributed by atoms with Gasteiger partial charge in [-0.15, -0.1) is 0 Å². The minimum absolute atomic E-state index is 0.00674. The number of nitrogens with zero attached hydrogens (tertiary/aromatic N) is 6. The molecule has 6 rings (SSSR count). The Labute approximate surface area is 262 Å². The molecule has 4 aromatic rings. The second kappa shape index (κ2) is 14.4. The monoisotopic (exact) mass is 624 g/mol. The fourth-order valence-electron chi connectivity index (χ4n) is 5.81. The number of imidazole rings is 1. The SMILES string of the molecule is CCCN1CCCC1.CCCNC(=O)c1ccc(Nc2nccn3c(-c4cn(C5CCC5)nc4C(F)(F)F)cnc23)cc1CC. The van der Waals surface area contributed by atoms with E-state index in [0.29, 0.717) is 35.7 Å². The van der Waals surface area contributed by atoms with E-state index >= 15 is 0 Å². The summed E-state index contributed by atoms with van der Waals surface area (Å²) >= 11 is 0. The minimum atomic E-state index is -4.59. The van der Waals surface area contributed by atoms with Crippen molar-refractivity contribution in [2.75, 3.05) is 31.5 Å². The van der Waals surface area contributed by atoms with Crippen molar-refractivity contribution in [2.45, 2.75) is 84.4 Å². The third kappa shape index (κ3) is 7.49. The van der Waals surface area contributed by atoms with Crippen LogP contribution in [0.5, 0.6) is 0 Å². The van der Waals surface area contributed by atoms with E-state index in [1.165, 1.54) is 62.2 Å². The maximum atomic E-state index is 13.9. The van der Waals surface area contributed by atoms with Crippen LogP contribution in [0.2, 0.25) is 0 Å². The van der Waals surface area contributed by atoms with E-state index in [1.54, 1.807) is 22.7 Å². The van der Waals surface area contributed by atoms with Gasteiger partial charge in [-0.3, -0.25) is 13.9 Å². The van der Waals surface area contributed by atoms with Crippen LogP contribution in [-0.2, 0) is 12.6 Å². The number of carbonyl (C=O) groups excluding carboxylic acids is 1. The molecule has 1 amide bonds. The molecule has 0 unspecified atom stereocenters. The van der Waals surface area contributed by atoms with Gasteiger partial charge in [0.15, 0.2) is 17.2 Å². The van der Waals surface area contributed by atoms with Gasteiger partial charge < -0.3 is 15.5 Å². The molecule has 45 heavy (non-hydrogen) atoms. The molecule has 0 radical (unpaired) electrons. The summed E-state index contributed by atoms with van der Waals surface area (Å²) in [6.45, 7) is 10.8. The molecular weight excluding hydrogens is 581 g/mol. The van der Waals surface area contributed by atoms with Gasteiger partial charge in [-0.1, -0.05) is 20.8 Å². The van der Waals surface area contributed by atoms with Gasteiger partial charge in [0.25, 0.3) is 5.91 Å². The molecule has 242 valence electrons. The number of alkyl halides is 3. The highest BCUT2D eigenvalue weighted by molar-refractivity contribution is 5.96. The molecular formula is C33H43F3N8O. The fourth-order valence-corrected chi connectivity index (χ4v) is 5.81. The fraction of sp³-hybridized carbons (Fsp3) is 0.515. The van der Waals surface area contributed by atoms with Crippen LogP contribution in [0.3, 0.4) is 0 Å². The number of nitrogens with one attached hydrogen (secondary N) is 2. The van der Waals surface area contributed by atoms with Crippen molar-refractivity contribution < 1.29 is 18.0 Å². The number of halogens is 3. The summed E-state index contributed by atoms with van der Waals surface area (Å²) in [5.41, 5.74) is 1.91. The van der Waals surface area contributed by atoms with Gasteiger partial charge in [0.2, 0.25) is 0 Å². The molecule has 1 saturated carbocycles. The number of aryl methyl sites for hydroxylation is 1. The van der Waals surface area contributed by atoms with Crippen molar-refractivity contribution in [1.82, 2.24) is 34.4 Å². The Morgan fingerprint density at radius 2 is 1.82 bits per heavy atom. The Hall–Kier alpha value is -3.93. The van der Waals surface area contributed by atoms with Crippen LogP contribution in [-0.4, -0.2) is 61.1 Å². The van der Waals surface area contributed by atoms with Crippen molar-refractivity contribution in [3.8, 4) is 11.3 Å². The Kier molecular flexibility index (Phi) is 10.4. The number of aromatic nitrogens is 5. The average Bonchev–Trinajstić information content (AvgIpc) is 3.76. The van der Waals surface area contributed by atoms with Crippen molar-refractivity contribution in [2.24, 2.45) is 0 Å². The van der Waals surface area contributed by atoms with Gasteiger partial charge in [-0.25, -0.2) is 9.97 Å². The molecule has 0 atom stereocenters. The standard InChI is InChI=1S/C26H28F3N7O.C7H15N/c1-3-10-31-25(37)19-9-8-17(13-16(19)4-2)33-23-24-32-14-21(35(24)12-11-30-23)20-15-36(18-6-5-7-18)34-22(20)26(27,28)29;1-2-5-8-6-3-4-7-8/h8-9,11-15,18H,3-7,10H2,1-2H3,(H,30,33)(H,31,37);2-7H2,1H3. The topological polar surface area (TPSA) is 92.4 Å². The van der Waals surface area contributed by atoms with Gasteiger partial charge in [0, 0.05) is 36.4 Å². The Balaban J connectivity index is 0.000000436. The molecule has 0 spiro atoms. The van der Waals surface area contributed by atoms with Gasteiger partial charge in [-0.2, -0.15) is 18.3 Å². The molecule has 12 heteroatoms. The maximum absolute atomic E-state index is 13.9. The van der Waals surface area contributed by atoms with Crippen molar-refractivity contribution in [3.63, 3.8) is 0 Å². The number of anilines is 2. The summed E-state index contributed by atoms with van der Waals surface area (Å²) in [6, 6.07) is 5.40. The summed E-state index contributed by atoms with van der Waals surface area (Å²) in [5, 5.41) is 10.0. The van der Waals surface area contributed by atoms with Crippen LogP contribution in [0.25, 0.3) is 16.9 Å². The van der Waals surface area contributed by atoms with Crippen LogP contribution < -0.4 is 10.6 Å². The first-order valence-electron chi connectivity index (χ1n) is 16.1. The zero-order valence-electron chi connectivity index (χ0n) is 26.3. The van der Waals surface area contributed by atoms with Crippen LogP contribution in [0.1, 0.15) is 93.4 Å². The lowest BCUT2D eigenvalue weighted by atomic mass is 9.93. The highest BCUT2D eigenvalue weighted by Crippen LogP contribution is 2.40. The first kappa shape index (κ1) is 32.5. The highest BCUT2D eigenvalue weighted by atomic mass is 19.4. The smallest absolute Gasteiger partial charge is 0.352 e. The van der Waals surface area contributed by atoms with Crippen LogP contribution in [0.4, 0.5) is 24.7 Å². The van der Waals surface area contributed by atoms with E-state index in [2.05, 4.69) is 37.5 Å².